The summed E-state index contributed by atoms with van der Waals surface area (Å²) in [7, 11) is 0. The molecule has 3 aromatic rings. The van der Waals surface area contributed by atoms with Crippen LogP contribution in [-0.2, 0) is 11.3 Å². The molecule has 2 aromatic carbocycles. The van der Waals surface area contributed by atoms with Crippen molar-refractivity contribution in [2.45, 2.75) is 17.9 Å². The van der Waals surface area contributed by atoms with Gasteiger partial charge in [-0.25, -0.2) is 0 Å². The maximum Gasteiger partial charge on any atom is 0.243 e. The minimum atomic E-state index is -0.110. The molecule has 1 N–H and O–H groups in total. The Morgan fingerprint density at radius 3 is 2.52 bits per heavy atom. The van der Waals surface area contributed by atoms with E-state index in [4.69, 9.17) is 0 Å². The van der Waals surface area contributed by atoms with Crippen LogP contribution in [0.3, 0.4) is 0 Å². The number of amides is 1. The third-order valence-corrected chi connectivity index (χ3v) is 4.52. The van der Waals surface area contributed by atoms with Crippen LogP contribution in [0, 0.1) is 0 Å². The van der Waals surface area contributed by atoms with Gasteiger partial charge in [0.05, 0.1) is 0 Å². The van der Waals surface area contributed by atoms with E-state index in [1.54, 1.807) is 11.8 Å². The number of carbonyl (C=O) groups is 1. The number of nitrogens with one attached hydrogen (secondary N) is 1. The average Bonchev–Trinajstić information content (AvgIpc) is 3.11. The zero-order valence-electron chi connectivity index (χ0n) is 13.7. The van der Waals surface area contributed by atoms with Gasteiger partial charge in [0, 0.05) is 17.0 Å². The highest BCUT2D eigenvalue weighted by atomic mass is 32.2. The first-order valence-electron chi connectivity index (χ1n) is 8.09. The number of thioether (sulfide) groups is 1. The van der Waals surface area contributed by atoms with Crippen molar-refractivity contribution in [1.82, 2.24) is 25.5 Å². The fourth-order valence-electron chi connectivity index (χ4n) is 2.20. The number of rotatable bonds is 8. The summed E-state index contributed by atoms with van der Waals surface area (Å²) in [6, 6.07) is 19.8. The molecule has 0 spiro atoms. The van der Waals surface area contributed by atoms with Gasteiger partial charge in [0.25, 0.3) is 0 Å². The standard InChI is InChI=1S/C18H19N5OS/c24-17(19-12-7-13-25-16-10-5-2-6-11-16)14-23-21-18(20-22-23)15-8-3-1-4-9-15/h1-6,8-11H,7,12-14H2,(H,19,24). The van der Waals surface area contributed by atoms with Crippen LogP contribution in [0.2, 0.25) is 0 Å². The highest BCUT2D eigenvalue weighted by Crippen LogP contribution is 2.17. The minimum Gasteiger partial charge on any atom is -0.354 e. The van der Waals surface area contributed by atoms with E-state index in [0.717, 1.165) is 17.7 Å². The van der Waals surface area contributed by atoms with E-state index >= 15 is 0 Å². The number of benzene rings is 2. The fraction of sp³-hybridized carbons (Fsp3) is 0.222. The molecule has 6 nitrogen and oxygen atoms in total. The number of hydrogen-bond donors (Lipinski definition) is 1. The van der Waals surface area contributed by atoms with Crippen LogP contribution < -0.4 is 5.32 Å². The Labute approximate surface area is 150 Å². The molecule has 0 radical (unpaired) electrons. The fourth-order valence-corrected chi connectivity index (χ4v) is 3.08. The highest BCUT2D eigenvalue weighted by molar-refractivity contribution is 7.99. The Kier molecular flexibility index (Phi) is 6.17. The van der Waals surface area contributed by atoms with Crippen LogP contribution >= 0.6 is 11.8 Å². The topological polar surface area (TPSA) is 72.7 Å². The first-order valence-corrected chi connectivity index (χ1v) is 9.07. The van der Waals surface area contributed by atoms with Crippen LogP contribution in [-0.4, -0.2) is 38.4 Å². The maximum absolute atomic E-state index is 11.9. The van der Waals surface area contributed by atoms with E-state index in [1.807, 2.05) is 48.5 Å². The highest BCUT2D eigenvalue weighted by Gasteiger charge is 2.08. The normalized spacial score (nSPS) is 10.6. The molecular formula is C18H19N5OS. The van der Waals surface area contributed by atoms with E-state index in [9.17, 15) is 4.79 Å². The molecule has 3 rings (SSSR count). The second kappa shape index (κ2) is 8.98. The van der Waals surface area contributed by atoms with Crippen molar-refractivity contribution >= 4 is 17.7 Å². The van der Waals surface area contributed by atoms with E-state index in [1.165, 1.54) is 9.69 Å². The number of nitrogens with zero attached hydrogens (tertiary/aromatic N) is 4. The van der Waals surface area contributed by atoms with Crippen molar-refractivity contribution in [2.75, 3.05) is 12.3 Å². The van der Waals surface area contributed by atoms with E-state index < -0.39 is 0 Å². The Hall–Kier alpha value is -2.67. The molecule has 1 aromatic heterocycles. The maximum atomic E-state index is 11.9. The third kappa shape index (κ3) is 5.42. The lowest BCUT2D eigenvalue weighted by Crippen LogP contribution is -2.29. The smallest absolute Gasteiger partial charge is 0.243 e. The van der Waals surface area contributed by atoms with E-state index in [0.29, 0.717) is 12.4 Å². The van der Waals surface area contributed by atoms with Crippen molar-refractivity contribution in [3.05, 3.63) is 60.7 Å². The SMILES string of the molecule is O=C(Cn1nnc(-c2ccccc2)n1)NCCCSc1ccccc1. The molecule has 0 aliphatic heterocycles. The Morgan fingerprint density at radius 1 is 1.04 bits per heavy atom. The average molecular weight is 353 g/mol. The predicted octanol–water partition coefficient (Wildman–Crippen LogP) is 2.64. The van der Waals surface area contributed by atoms with Crippen molar-refractivity contribution < 1.29 is 4.79 Å². The quantitative estimate of drug-likeness (QED) is 0.498. The number of aromatic nitrogens is 4. The number of hydrogen-bond acceptors (Lipinski definition) is 5. The molecule has 0 unspecified atom stereocenters. The number of carbonyl (C=O) groups excluding carboxylic acids is 1. The van der Waals surface area contributed by atoms with Gasteiger partial charge in [0.2, 0.25) is 11.7 Å². The molecule has 0 aliphatic rings. The van der Waals surface area contributed by atoms with Gasteiger partial charge in [0.1, 0.15) is 6.54 Å². The zero-order chi connectivity index (χ0) is 17.3. The Morgan fingerprint density at radius 2 is 1.76 bits per heavy atom. The summed E-state index contributed by atoms with van der Waals surface area (Å²) < 4.78 is 0. The summed E-state index contributed by atoms with van der Waals surface area (Å²) in [5.41, 5.74) is 0.882. The molecule has 25 heavy (non-hydrogen) atoms. The van der Waals surface area contributed by atoms with Gasteiger partial charge in [-0.3, -0.25) is 4.79 Å². The molecule has 0 fully saturated rings. The van der Waals surface area contributed by atoms with Gasteiger partial charge in [0.15, 0.2) is 0 Å². The summed E-state index contributed by atoms with van der Waals surface area (Å²) in [6.07, 6.45) is 0.908. The molecular weight excluding hydrogens is 334 g/mol. The molecule has 0 atom stereocenters. The molecule has 1 amide bonds. The van der Waals surface area contributed by atoms with Crippen molar-refractivity contribution in [3.8, 4) is 11.4 Å². The van der Waals surface area contributed by atoms with Crippen LogP contribution in [0.25, 0.3) is 11.4 Å². The third-order valence-electron chi connectivity index (χ3n) is 3.43. The molecule has 0 saturated heterocycles. The van der Waals surface area contributed by atoms with Gasteiger partial charge in [-0.15, -0.1) is 22.0 Å². The second-order valence-electron chi connectivity index (χ2n) is 5.37. The molecule has 0 aliphatic carbocycles. The van der Waals surface area contributed by atoms with Crippen molar-refractivity contribution in [3.63, 3.8) is 0 Å². The second-order valence-corrected chi connectivity index (χ2v) is 6.54. The predicted molar refractivity (Wildman–Crippen MR) is 98.0 cm³/mol. The Balaban J connectivity index is 1.37. The summed E-state index contributed by atoms with van der Waals surface area (Å²) in [5.74, 6) is 1.37. The summed E-state index contributed by atoms with van der Waals surface area (Å²) in [6.45, 7) is 0.713. The monoisotopic (exact) mass is 353 g/mol. The molecule has 1 heterocycles. The van der Waals surface area contributed by atoms with Crippen LogP contribution in [0.4, 0.5) is 0 Å². The van der Waals surface area contributed by atoms with Crippen molar-refractivity contribution in [2.24, 2.45) is 0 Å². The zero-order valence-corrected chi connectivity index (χ0v) is 14.5. The molecule has 7 heteroatoms. The van der Waals surface area contributed by atoms with Gasteiger partial charge >= 0.3 is 0 Å². The van der Waals surface area contributed by atoms with Gasteiger partial charge in [-0.1, -0.05) is 48.5 Å². The lowest BCUT2D eigenvalue weighted by Gasteiger charge is -2.04. The van der Waals surface area contributed by atoms with Crippen molar-refractivity contribution in [1.29, 1.82) is 0 Å². The first kappa shape index (κ1) is 17.2. The molecule has 0 saturated carbocycles. The lowest BCUT2D eigenvalue weighted by atomic mass is 10.2. The van der Waals surface area contributed by atoms with Crippen LogP contribution in [0.5, 0.6) is 0 Å². The molecule has 128 valence electrons. The first-order chi connectivity index (χ1) is 12.3. The largest absolute Gasteiger partial charge is 0.354 e. The molecule has 0 bridgehead atoms. The van der Waals surface area contributed by atoms with Crippen LogP contribution in [0.15, 0.2) is 65.6 Å². The van der Waals surface area contributed by atoms with E-state index in [2.05, 4.69) is 32.9 Å². The summed E-state index contributed by atoms with van der Waals surface area (Å²) in [4.78, 5) is 14.5. The lowest BCUT2D eigenvalue weighted by molar-refractivity contribution is -0.122. The van der Waals surface area contributed by atoms with E-state index in [-0.39, 0.29) is 12.5 Å². The van der Waals surface area contributed by atoms with Gasteiger partial charge in [-0.2, -0.15) is 4.80 Å². The minimum absolute atomic E-state index is 0.0751. The summed E-state index contributed by atoms with van der Waals surface area (Å²) >= 11 is 1.79. The Bertz CT molecular complexity index is 791. The van der Waals surface area contributed by atoms with Gasteiger partial charge in [-0.05, 0) is 29.5 Å². The van der Waals surface area contributed by atoms with Gasteiger partial charge < -0.3 is 5.32 Å². The summed E-state index contributed by atoms with van der Waals surface area (Å²) in [5, 5.41) is 15.0. The number of tetrazole rings is 1. The van der Waals surface area contributed by atoms with Crippen LogP contribution in [0.1, 0.15) is 6.42 Å².